The van der Waals surface area contributed by atoms with Gasteiger partial charge in [0.15, 0.2) is 0 Å². The molecule has 0 aliphatic carbocycles. The van der Waals surface area contributed by atoms with E-state index in [2.05, 4.69) is 19.8 Å². The van der Waals surface area contributed by atoms with Crippen molar-refractivity contribution in [3.8, 4) is 0 Å². The molecule has 0 radical (unpaired) electrons. The van der Waals surface area contributed by atoms with E-state index in [-0.39, 0.29) is 0 Å². The number of hydrogen-bond donors (Lipinski definition) is 1. The molecule has 0 saturated carbocycles. The van der Waals surface area contributed by atoms with E-state index in [9.17, 15) is 0 Å². The minimum atomic E-state index is 0.583. The molecular weight excluding hydrogens is 184 g/mol. The van der Waals surface area contributed by atoms with Gasteiger partial charge in [-0.15, -0.1) is 5.10 Å². The standard InChI is InChI=1S/C3H2ClNS.C2H3N3/c4-3-1-2-6-5-3;1-2-4-5-3-1/h1-2H;1-2H,(H,3,4,5). The molecule has 2 rings (SSSR count). The van der Waals surface area contributed by atoms with Crippen molar-refractivity contribution in [2.75, 3.05) is 0 Å². The highest BCUT2D eigenvalue weighted by atomic mass is 35.5. The molecule has 2 aromatic rings. The molecule has 0 fully saturated rings. The lowest BCUT2D eigenvalue weighted by Crippen LogP contribution is -1.61. The molecule has 0 aliphatic heterocycles. The van der Waals surface area contributed by atoms with E-state index in [4.69, 9.17) is 11.6 Å². The Morgan fingerprint density at radius 1 is 1.55 bits per heavy atom. The van der Waals surface area contributed by atoms with Gasteiger partial charge in [0.1, 0.15) is 5.15 Å². The number of halogens is 1. The van der Waals surface area contributed by atoms with Crippen LogP contribution in [0.25, 0.3) is 0 Å². The van der Waals surface area contributed by atoms with Crippen LogP contribution < -0.4 is 0 Å². The third-order valence-corrected chi connectivity index (χ3v) is 1.61. The highest BCUT2D eigenvalue weighted by molar-refractivity contribution is 7.03. The van der Waals surface area contributed by atoms with Crippen LogP contribution in [0.2, 0.25) is 5.15 Å². The SMILES string of the molecule is Clc1ccsn1.c1c[nH]nn1. The molecule has 1 N–H and O–H groups in total. The monoisotopic (exact) mass is 188 g/mol. The highest BCUT2D eigenvalue weighted by Gasteiger charge is 1.79. The third-order valence-electron chi connectivity index (χ3n) is 0.738. The molecule has 0 saturated heterocycles. The summed E-state index contributed by atoms with van der Waals surface area (Å²) in [6.45, 7) is 0. The minimum absolute atomic E-state index is 0.583. The van der Waals surface area contributed by atoms with Crippen molar-refractivity contribution in [2.45, 2.75) is 0 Å². The van der Waals surface area contributed by atoms with Crippen molar-refractivity contribution in [1.82, 2.24) is 19.8 Å². The fourth-order valence-corrected chi connectivity index (χ4v) is 1.03. The van der Waals surface area contributed by atoms with Crippen LogP contribution in [0, 0.1) is 0 Å². The van der Waals surface area contributed by atoms with Crippen LogP contribution in [0.3, 0.4) is 0 Å². The van der Waals surface area contributed by atoms with E-state index in [1.54, 1.807) is 18.5 Å². The van der Waals surface area contributed by atoms with Crippen molar-refractivity contribution >= 4 is 23.1 Å². The first-order chi connectivity index (χ1) is 5.39. The van der Waals surface area contributed by atoms with Gasteiger partial charge in [-0.2, -0.15) is 4.37 Å². The van der Waals surface area contributed by atoms with Gasteiger partial charge in [-0.25, -0.2) is 0 Å². The average Bonchev–Trinajstić information content (AvgIpc) is 2.57. The van der Waals surface area contributed by atoms with E-state index < -0.39 is 0 Å². The summed E-state index contributed by atoms with van der Waals surface area (Å²) in [6, 6.07) is 1.76. The smallest absolute Gasteiger partial charge is 0.142 e. The van der Waals surface area contributed by atoms with Gasteiger partial charge in [0, 0.05) is 11.6 Å². The maximum absolute atomic E-state index is 5.35. The second-order valence-corrected chi connectivity index (χ2v) is 2.54. The van der Waals surface area contributed by atoms with Crippen molar-refractivity contribution < 1.29 is 0 Å². The van der Waals surface area contributed by atoms with E-state index in [1.807, 2.05) is 5.38 Å². The van der Waals surface area contributed by atoms with Crippen molar-refractivity contribution in [2.24, 2.45) is 0 Å². The summed E-state index contributed by atoms with van der Waals surface area (Å²) in [5.74, 6) is 0. The number of H-pyrrole nitrogens is 1. The van der Waals surface area contributed by atoms with Gasteiger partial charge < -0.3 is 0 Å². The molecule has 0 aromatic carbocycles. The fraction of sp³-hybridized carbons (Fsp3) is 0. The maximum Gasteiger partial charge on any atom is 0.142 e. The zero-order valence-corrected chi connectivity index (χ0v) is 7.01. The van der Waals surface area contributed by atoms with Gasteiger partial charge in [-0.05, 0) is 17.6 Å². The minimum Gasteiger partial charge on any atom is -0.266 e. The first kappa shape index (κ1) is 8.16. The van der Waals surface area contributed by atoms with Crippen LogP contribution in [0.15, 0.2) is 23.8 Å². The van der Waals surface area contributed by atoms with Crippen LogP contribution in [0.5, 0.6) is 0 Å². The molecule has 0 spiro atoms. The van der Waals surface area contributed by atoms with Gasteiger partial charge in [0.25, 0.3) is 0 Å². The van der Waals surface area contributed by atoms with E-state index in [0.29, 0.717) is 5.15 Å². The second kappa shape index (κ2) is 4.81. The Balaban J connectivity index is 0.000000112. The Kier molecular flexibility index (Phi) is 3.57. The van der Waals surface area contributed by atoms with Crippen molar-refractivity contribution in [1.29, 1.82) is 0 Å². The van der Waals surface area contributed by atoms with Crippen molar-refractivity contribution in [3.05, 3.63) is 29.0 Å². The molecule has 2 heterocycles. The summed E-state index contributed by atoms with van der Waals surface area (Å²) in [5.41, 5.74) is 0. The number of rotatable bonds is 0. The maximum atomic E-state index is 5.35. The number of aromatic nitrogens is 4. The average molecular weight is 189 g/mol. The largest absolute Gasteiger partial charge is 0.266 e. The molecule has 0 aliphatic rings. The molecule has 11 heavy (non-hydrogen) atoms. The molecule has 0 unspecified atom stereocenters. The predicted octanol–water partition coefficient (Wildman–Crippen LogP) is 1.60. The third kappa shape index (κ3) is 3.69. The Morgan fingerprint density at radius 2 is 2.45 bits per heavy atom. The van der Waals surface area contributed by atoms with Crippen LogP contribution in [0.4, 0.5) is 0 Å². The second-order valence-electron chi connectivity index (χ2n) is 1.48. The Labute approximate surface area is 72.4 Å². The van der Waals surface area contributed by atoms with Crippen LogP contribution in [-0.4, -0.2) is 19.8 Å². The summed E-state index contributed by atoms with van der Waals surface area (Å²) in [4.78, 5) is 0. The Hall–Kier alpha value is -0.940. The lowest BCUT2D eigenvalue weighted by Gasteiger charge is -1.60. The van der Waals surface area contributed by atoms with Crippen LogP contribution in [-0.2, 0) is 0 Å². The molecule has 58 valence electrons. The molecular formula is C5H5ClN4S. The molecule has 0 atom stereocenters. The number of hydrogen-bond acceptors (Lipinski definition) is 4. The highest BCUT2D eigenvalue weighted by Crippen LogP contribution is 2.04. The van der Waals surface area contributed by atoms with Gasteiger partial charge >= 0.3 is 0 Å². The van der Waals surface area contributed by atoms with Crippen molar-refractivity contribution in [3.63, 3.8) is 0 Å². The molecule has 4 nitrogen and oxygen atoms in total. The van der Waals surface area contributed by atoms with Gasteiger partial charge in [-0.3, -0.25) is 5.10 Å². The molecule has 0 bridgehead atoms. The number of nitrogens with zero attached hydrogens (tertiary/aromatic N) is 3. The van der Waals surface area contributed by atoms with Crippen LogP contribution in [0.1, 0.15) is 0 Å². The number of aromatic amines is 1. The van der Waals surface area contributed by atoms with Gasteiger partial charge in [0.05, 0.1) is 6.20 Å². The lowest BCUT2D eigenvalue weighted by atomic mass is 10.8. The van der Waals surface area contributed by atoms with Crippen LogP contribution >= 0.6 is 23.1 Å². The summed E-state index contributed by atoms with van der Waals surface area (Å²) in [6.07, 6.45) is 3.24. The zero-order valence-electron chi connectivity index (χ0n) is 5.44. The quantitative estimate of drug-likeness (QED) is 0.683. The topological polar surface area (TPSA) is 54.5 Å². The first-order valence-corrected chi connectivity index (χ1v) is 3.97. The van der Waals surface area contributed by atoms with Gasteiger partial charge in [0.2, 0.25) is 0 Å². The summed E-state index contributed by atoms with van der Waals surface area (Å²) < 4.78 is 3.72. The molecule has 6 heteroatoms. The Morgan fingerprint density at radius 3 is 2.64 bits per heavy atom. The summed E-state index contributed by atoms with van der Waals surface area (Å²) >= 11 is 6.71. The Bertz CT molecular complexity index is 237. The normalized spacial score (nSPS) is 8.45. The van der Waals surface area contributed by atoms with E-state index >= 15 is 0 Å². The lowest BCUT2D eigenvalue weighted by molar-refractivity contribution is 0.940. The summed E-state index contributed by atoms with van der Waals surface area (Å²) in [7, 11) is 0. The van der Waals surface area contributed by atoms with E-state index in [0.717, 1.165) is 0 Å². The first-order valence-electron chi connectivity index (χ1n) is 2.76. The molecule has 0 amide bonds. The fourth-order valence-electron chi connectivity index (χ4n) is 0.364. The predicted molar refractivity (Wildman–Crippen MR) is 43.5 cm³/mol. The van der Waals surface area contributed by atoms with Gasteiger partial charge in [-0.1, -0.05) is 16.8 Å². The van der Waals surface area contributed by atoms with E-state index in [1.165, 1.54) is 11.5 Å². The zero-order chi connectivity index (χ0) is 7.94. The molecule has 2 aromatic heterocycles. The summed E-state index contributed by atoms with van der Waals surface area (Å²) in [5, 5.41) is 11.7. The number of nitrogens with one attached hydrogen (secondary N) is 1.